The predicted octanol–water partition coefficient (Wildman–Crippen LogP) is 0.374. The average molecular weight is 268 g/mol. The number of benzene rings is 1. The number of carboxylic acids is 1. The summed E-state index contributed by atoms with van der Waals surface area (Å²) < 4.78 is 0. The van der Waals surface area contributed by atoms with Gasteiger partial charge in [0, 0.05) is 31.8 Å². The van der Waals surface area contributed by atoms with Gasteiger partial charge < -0.3 is 20.6 Å². The second-order valence-electron chi connectivity index (χ2n) is 3.95. The highest BCUT2D eigenvalue weighted by molar-refractivity contribution is 5.91. The summed E-state index contributed by atoms with van der Waals surface area (Å²) in [5.74, 6) is -1.28. The van der Waals surface area contributed by atoms with Crippen LogP contribution in [0.1, 0.15) is 6.42 Å². The first-order chi connectivity index (χ1) is 8.91. The first kappa shape index (κ1) is 14.8. The van der Waals surface area contributed by atoms with Gasteiger partial charge in [-0.15, -0.1) is 0 Å². The van der Waals surface area contributed by atoms with Crippen LogP contribution in [0, 0.1) is 0 Å². The monoisotopic (exact) mass is 268 g/mol. The highest BCUT2D eigenvalue weighted by atomic mass is 16.4. The van der Waals surface area contributed by atoms with Crippen LogP contribution in [0.2, 0.25) is 0 Å². The summed E-state index contributed by atoms with van der Waals surface area (Å²) in [6, 6.07) is 5.70. The summed E-state index contributed by atoms with van der Waals surface area (Å²) in [7, 11) is 1.51. The molecule has 0 aliphatic heterocycles. The lowest BCUT2D eigenvalue weighted by atomic mass is 10.2. The molecule has 0 spiro atoms. The first-order valence-corrected chi connectivity index (χ1v) is 5.63. The summed E-state index contributed by atoms with van der Waals surface area (Å²) in [5, 5.41) is 29.3. The van der Waals surface area contributed by atoms with E-state index in [1.165, 1.54) is 24.1 Å². The Labute approximate surface area is 110 Å². The molecule has 1 aromatic rings. The Hall–Kier alpha value is -2.28. The summed E-state index contributed by atoms with van der Waals surface area (Å²) in [4.78, 5) is 23.3. The van der Waals surface area contributed by atoms with Gasteiger partial charge in [0.15, 0.2) is 6.10 Å². The van der Waals surface area contributed by atoms with Crippen LogP contribution >= 0.6 is 0 Å². The normalized spacial score (nSPS) is 11.7. The number of aliphatic hydroxyl groups excluding tert-OH is 1. The molecule has 0 aliphatic rings. The fourth-order valence-corrected chi connectivity index (χ4v) is 1.38. The molecule has 0 unspecified atom stereocenters. The van der Waals surface area contributed by atoms with E-state index < -0.39 is 18.1 Å². The molecule has 1 atom stereocenters. The van der Waals surface area contributed by atoms with Crippen molar-refractivity contribution in [3.05, 3.63) is 24.3 Å². The summed E-state index contributed by atoms with van der Waals surface area (Å²) >= 11 is 0. The highest BCUT2D eigenvalue weighted by Gasteiger charge is 2.15. The minimum absolute atomic E-state index is 0.0372. The Balaban J connectivity index is 2.47. The van der Waals surface area contributed by atoms with E-state index in [0.29, 0.717) is 5.69 Å². The second kappa shape index (κ2) is 6.60. The molecule has 0 heterocycles. The molecule has 0 radical (unpaired) electrons. The fraction of sp³-hybridized carbons (Fsp3) is 0.333. The van der Waals surface area contributed by atoms with Gasteiger partial charge in [0.05, 0.1) is 0 Å². The zero-order valence-corrected chi connectivity index (χ0v) is 10.4. The molecule has 2 amide bonds. The van der Waals surface area contributed by atoms with E-state index in [4.69, 9.17) is 10.2 Å². The lowest BCUT2D eigenvalue weighted by Crippen LogP contribution is -2.39. The SMILES string of the molecule is CN(C(=O)NCC[C@H](O)C(=O)O)c1cccc(O)c1. The molecule has 0 saturated heterocycles. The molecule has 1 rings (SSSR count). The number of nitrogens with one attached hydrogen (secondary N) is 1. The number of phenols is 1. The molecular formula is C12H16N2O5. The van der Waals surface area contributed by atoms with Gasteiger partial charge in [-0.1, -0.05) is 6.07 Å². The van der Waals surface area contributed by atoms with Gasteiger partial charge in [-0.3, -0.25) is 4.90 Å². The number of carboxylic acid groups (broad SMARTS) is 1. The Morgan fingerprint density at radius 1 is 1.42 bits per heavy atom. The molecule has 0 aliphatic carbocycles. The van der Waals surface area contributed by atoms with Crippen molar-refractivity contribution in [2.75, 3.05) is 18.5 Å². The van der Waals surface area contributed by atoms with Crippen LogP contribution in [-0.4, -0.2) is 47.0 Å². The number of aliphatic hydroxyl groups is 1. The largest absolute Gasteiger partial charge is 0.508 e. The number of aromatic hydroxyl groups is 1. The van der Waals surface area contributed by atoms with Gasteiger partial charge >= 0.3 is 12.0 Å². The lowest BCUT2D eigenvalue weighted by Gasteiger charge is -2.18. The van der Waals surface area contributed by atoms with Crippen LogP contribution in [0.15, 0.2) is 24.3 Å². The van der Waals surface area contributed by atoms with Crippen molar-refractivity contribution in [1.82, 2.24) is 5.32 Å². The number of phenolic OH excluding ortho intramolecular Hbond substituents is 1. The number of anilines is 1. The summed E-state index contributed by atoms with van der Waals surface area (Å²) in [5.41, 5.74) is 0.497. The molecular weight excluding hydrogens is 252 g/mol. The van der Waals surface area contributed by atoms with Crippen molar-refractivity contribution in [2.24, 2.45) is 0 Å². The maximum absolute atomic E-state index is 11.7. The van der Waals surface area contributed by atoms with Gasteiger partial charge in [-0.05, 0) is 12.1 Å². The molecule has 7 nitrogen and oxygen atoms in total. The van der Waals surface area contributed by atoms with Crippen molar-refractivity contribution >= 4 is 17.7 Å². The van der Waals surface area contributed by atoms with Crippen LogP contribution in [0.25, 0.3) is 0 Å². The number of hydrogen-bond acceptors (Lipinski definition) is 4. The number of rotatable bonds is 5. The van der Waals surface area contributed by atoms with Crippen LogP contribution in [0.3, 0.4) is 0 Å². The molecule has 0 aromatic heterocycles. The van der Waals surface area contributed by atoms with Crippen molar-refractivity contribution in [1.29, 1.82) is 0 Å². The van der Waals surface area contributed by atoms with Crippen LogP contribution in [0.4, 0.5) is 10.5 Å². The number of urea groups is 1. The van der Waals surface area contributed by atoms with E-state index in [-0.39, 0.29) is 18.7 Å². The Morgan fingerprint density at radius 3 is 2.68 bits per heavy atom. The van der Waals surface area contributed by atoms with Gasteiger partial charge in [0.2, 0.25) is 0 Å². The number of aliphatic carboxylic acids is 1. The van der Waals surface area contributed by atoms with E-state index in [0.717, 1.165) is 0 Å². The molecule has 0 fully saturated rings. The molecule has 0 saturated carbocycles. The highest BCUT2D eigenvalue weighted by Crippen LogP contribution is 2.18. The average Bonchev–Trinajstić information content (AvgIpc) is 2.37. The molecule has 104 valence electrons. The van der Waals surface area contributed by atoms with E-state index >= 15 is 0 Å². The van der Waals surface area contributed by atoms with Crippen molar-refractivity contribution in [2.45, 2.75) is 12.5 Å². The quantitative estimate of drug-likeness (QED) is 0.617. The fourth-order valence-electron chi connectivity index (χ4n) is 1.38. The zero-order chi connectivity index (χ0) is 14.4. The number of carbonyl (C=O) groups is 2. The maximum Gasteiger partial charge on any atom is 0.332 e. The number of carbonyl (C=O) groups excluding carboxylic acids is 1. The third kappa shape index (κ3) is 4.47. The number of nitrogens with zero attached hydrogens (tertiary/aromatic N) is 1. The standard InChI is InChI=1S/C12H16N2O5/c1-14(8-3-2-4-9(15)7-8)12(19)13-6-5-10(16)11(17)18/h2-4,7,10,15-16H,5-6H2,1H3,(H,13,19)(H,17,18)/t10-/m0/s1. The van der Waals surface area contributed by atoms with E-state index in [1.54, 1.807) is 12.1 Å². The third-order valence-electron chi connectivity index (χ3n) is 2.50. The van der Waals surface area contributed by atoms with E-state index in [2.05, 4.69) is 5.32 Å². The Morgan fingerprint density at radius 2 is 2.11 bits per heavy atom. The second-order valence-corrected chi connectivity index (χ2v) is 3.95. The molecule has 1 aromatic carbocycles. The molecule has 19 heavy (non-hydrogen) atoms. The van der Waals surface area contributed by atoms with Crippen LogP contribution < -0.4 is 10.2 Å². The summed E-state index contributed by atoms with van der Waals surface area (Å²) in [6.07, 6.45) is -1.57. The van der Waals surface area contributed by atoms with Gasteiger partial charge in [-0.25, -0.2) is 9.59 Å². The van der Waals surface area contributed by atoms with Crippen LogP contribution in [-0.2, 0) is 4.79 Å². The lowest BCUT2D eigenvalue weighted by molar-refractivity contribution is -0.146. The minimum atomic E-state index is -1.49. The van der Waals surface area contributed by atoms with Gasteiger partial charge in [0.1, 0.15) is 5.75 Å². The minimum Gasteiger partial charge on any atom is -0.508 e. The Kier molecular flexibility index (Phi) is 5.13. The van der Waals surface area contributed by atoms with Crippen LogP contribution in [0.5, 0.6) is 5.75 Å². The predicted molar refractivity (Wildman–Crippen MR) is 68.2 cm³/mol. The third-order valence-corrected chi connectivity index (χ3v) is 2.50. The van der Waals surface area contributed by atoms with Gasteiger partial charge in [-0.2, -0.15) is 0 Å². The van der Waals surface area contributed by atoms with Crippen molar-refractivity contribution in [3.8, 4) is 5.75 Å². The Bertz CT molecular complexity index is 463. The topological polar surface area (TPSA) is 110 Å². The van der Waals surface area contributed by atoms with Gasteiger partial charge in [0.25, 0.3) is 0 Å². The maximum atomic E-state index is 11.7. The van der Waals surface area contributed by atoms with E-state index in [1.807, 2.05) is 0 Å². The molecule has 7 heteroatoms. The molecule has 0 bridgehead atoms. The number of hydrogen-bond donors (Lipinski definition) is 4. The van der Waals surface area contributed by atoms with Crippen molar-refractivity contribution in [3.63, 3.8) is 0 Å². The number of amides is 2. The van der Waals surface area contributed by atoms with E-state index in [9.17, 15) is 14.7 Å². The molecule has 4 N–H and O–H groups in total. The summed E-state index contributed by atoms with van der Waals surface area (Å²) in [6.45, 7) is 0.0372. The zero-order valence-electron chi connectivity index (χ0n) is 10.4. The van der Waals surface area contributed by atoms with Crippen molar-refractivity contribution < 1.29 is 24.9 Å². The smallest absolute Gasteiger partial charge is 0.332 e. The first-order valence-electron chi connectivity index (χ1n) is 5.63.